The van der Waals surface area contributed by atoms with E-state index in [1.165, 1.54) is 18.9 Å². The molecule has 0 aromatic heterocycles. The van der Waals surface area contributed by atoms with Gasteiger partial charge in [0.05, 0.1) is 0 Å². The number of hydrogen-bond donors (Lipinski definition) is 1. The summed E-state index contributed by atoms with van der Waals surface area (Å²) in [6, 6.07) is 5.49. The summed E-state index contributed by atoms with van der Waals surface area (Å²) in [6.07, 6.45) is 3.18. The van der Waals surface area contributed by atoms with Crippen LogP contribution in [0.1, 0.15) is 18.4 Å². The van der Waals surface area contributed by atoms with Gasteiger partial charge in [0.1, 0.15) is 5.82 Å². The quantitative estimate of drug-likeness (QED) is 0.811. The van der Waals surface area contributed by atoms with Crippen molar-refractivity contribution in [2.75, 3.05) is 6.54 Å². The van der Waals surface area contributed by atoms with Crippen molar-refractivity contribution in [1.29, 1.82) is 0 Å². The molecule has 1 aromatic rings. The minimum atomic E-state index is -0.199. The van der Waals surface area contributed by atoms with Crippen molar-refractivity contribution in [3.8, 4) is 0 Å². The molecule has 0 unspecified atom stereocenters. The second kappa shape index (κ2) is 4.28. The lowest BCUT2D eigenvalue weighted by atomic mass is 10.1. The van der Waals surface area contributed by atoms with E-state index in [1.54, 1.807) is 12.1 Å². The third kappa shape index (κ3) is 2.46. The Morgan fingerprint density at radius 1 is 1.43 bits per heavy atom. The predicted molar refractivity (Wildman–Crippen MR) is 56.1 cm³/mol. The van der Waals surface area contributed by atoms with Crippen LogP contribution in [0.15, 0.2) is 18.2 Å². The van der Waals surface area contributed by atoms with Crippen LogP contribution < -0.4 is 5.32 Å². The topological polar surface area (TPSA) is 12.0 Å². The zero-order valence-corrected chi connectivity index (χ0v) is 8.65. The molecule has 1 aliphatic carbocycles. The Balaban J connectivity index is 1.92. The Bertz CT molecular complexity index is 303. The SMILES string of the molecule is Fc1cccc(Cl)c1CCNC1CC1. The lowest BCUT2D eigenvalue weighted by molar-refractivity contribution is 0.597. The standard InChI is InChI=1S/C11H13ClFN/c12-10-2-1-3-11(13)9(10)6-7-14-8-4-5-8/h1-3,8,14H,4-7H2. The molecule has 0 saturated heterocycles. The average Bonchev–Trinajstić information content (AvgIpc) is 2.94. The van der Waals surface area contributed by atoms with Crippen molar-refractivity contribution in [3.63, 3.8) is 0 Å². The van der Waals surface area contributed by atoms with Crippen LogP contribution in [-0.4, -0.2) is 12.6 Å². The van der Waals surface area contributed by atoms with Gasteiger partial charge in [-0.15, -0.1) is 0 Å². The summed E-state index contributed by atoms with van der Waals surface area (Å²) in [4.78, 5) is 0. The maximum absolute atomic E-state index is 13.3. The van der Waals surface area contributed by atoms with Gasteiger partial charge in [0.25, 0.3) is 0 Å². The molecule has 0 heterocycles. The number of hydrogen-bond acceptors (Lipinski definition) is 1. The first-order valence-electron chi connectivity index (χ1n) is 4.93. The van der Waals surface area contributed by atoms with Crippen LogP contribution in [0.3, 0.4) is 0 Å². The lowest BCUT2D eigenvalue weighted by Crippen LogP contribution is -2.19. The molecule has 0 atom stereocenters. The monoisotopic (exact) mass is 213 g/mol. The van der Waals surface area contributed by atoms with Crippen molar-refractivity contribution in [2.45, 2.75) is 25.3 Å². The largest absolute Gasteiger partial charge is 0.314 e. The van der Waals surface area contributed by atoms with Crippen LogP contribution in [0.2, 0.25) is 5.02 Å². The second-order valence-electron chi connectivity index (χ2n) is 3.68. The summed E-state index contributed by atoms with van der Waals surface area (Å²) < 4.78 is 13.3. The first-order valence-corrected chi connectivity index (χ1v) is 5.31. The van der Waals surface area contributed by atoms with Crippen molar-refractivity contribution in [1.82, 2.24) is 5.32 Å². The van der Waals surface area contributed by atoms with Gasteiger partial charge in [-0.3, -0.25) is 0 Å². The molecule has 1 aromatic carbocycles. The van der Waals surface area contributed by atoms with Crippen molar-refractivity contribution in [2.24, 2.45) is 0 Å². The van der Waals surface area contributed by atoms with Crippen LogP contribution in [0.25, 0.3) is 0 Å². The van der Waals surface area contributed by atoms with Crippen molar-refractivity contribution < 1.29 is 4.39 Å². The molecule has 1 aliphatic rings. The molecule has 76 valence electrons. The highest BCUT2D eigenvalue weighted by Gasteiger charge is 2.20. The minimum absolute atomic E-state index is 0.199. The zero-order chi connectivity index (χ0) is 9.97. The van der Waals surface area contributed by atoms with Crippen LogP contribution >= 0.6 is 11.6 Å². The van der Waals surface area contributed by atoms with Gasteiger partial charge in [0, 0.05) is 16.6 Å². The molecular formula is C11H13ClFN. The van der Waals surface area contributed by atoms with E-state index in [1.807, 2.05) is 0 Å². The summed E-state index contributed by atoms with van der Waals surface area (Å²) in [6.45, 7) is 0.811. The first kappa shape index (κ1) is 9.94. The van der Waals surface area contributed by atoms with Gasteiger partial charge in [0.2, 0.25) is 0 Å². The fourth-order valence-corrected chi connectivity index (χ4v) is 1.72. The van der Waals surface area contributed by atoms with Crippen molar-refractivity contribution in [3.05, 3.63) is 34.6 Å². The molecule has 0 radical (unpaired) electrons. The minimum Gasteiger partial charge on any atom is -0.314 e. The van der Waals surface area contributed by atoms with E-state index in [2.05, 4.69) is 5.32 Å². The Hall–Kier alpha value is -0.600. The van der Waals surface area contributed by atoms with E-state index in [9.17, 15) is 4.39 Å². The van der Waals surface area contributed by atoms with E-state index < -0.39 is 0 Å². The highest BCUT2D eigenvalue weighted by molar-refractivity contribution is 6.31. The number of nitrogens with one attached hydrogen (secondary N) is 1. The summed E-state index contributed by atoms with van der Waals surface area (Å²) in [5, 5.41) is 3.86. The molecular weight excluding hydrogens is 201 g/mol. The van der Waals surface area contributed by atoms with E-state index in [0.717, 1.165) is 6.54 Å². The smallest absolute Gasteiger partial charge is 0.127 e. The molecule has 14 heavy (non-hydrogen) atoms. The van der Waals surface area contributed by atoms with Crippen LogP contribution in [-0.2, 0) is 6.42 Å². The van der Waals surface area contributed by atoms with Crippen LogP contribution in [0.5, 0.6) is 0 Å². The van der Waals surface area contributed by atoms with Gasteiger partial charge in [-0.25, -0.2) is 4.39 Å². The summed E-state index contributed by atoms with van der Waals surface area (Å²) in [7, 11) is 0. The van der Waals surface area contributed by atoms with Gasteiger partial charge < -0.3 is 5.32 Å². The third-order valence-corrected chi connectivity index (χ3v) is 2.80. The predicted octanol–water partition coefficient (Wildman–Crippen LogP) is 2.77. The zero-order valence-electron chi connectivity index (χ0n) is 7.89. The maximum Gasteiger partial charge on any atom is 0.127 e. The Kier molecular flexibility index (Phi) is 3.04. The van der Waals surface area contributed by atoms with Gasteiger partial charge in [-0.1, -0.05) is 17.7 Å². The van der Waals surface area contributed by atoms with E-state index in [-0.39, 0.29) is 5.82 Å². The molecule has 0 amide bonds. The average molecular weight is 214 g/mol. The maximum atomic E-state index is 13.3. The molecule has 0 aliphatic heterocycles. The Morgan fingerprint density at radius 2 is 2.21 bits per heavy atom. The normalized spacial score (nSPS) is 15.9. The molecule has 1 nitrogen and oxygen atoms in total. The van der Waals surface area contributed by atoms with Crippen LogP contribution in [0, 0.1) is 5.82 Å². The Morgan fingerprint density at radius 3 is 2.86 bits per heavy atom. The molecule has 1 N–H and O–H groups in total. The van der Waals surface area contributed by atoms with E-state index in [4.69, 9.17) is 11.6 Å². The third-order valence-electron chi connectivity index (χ3n) is 2.45. The van der Waals surface area contributed by atoms with Gasteiger partial charge in [0.15, 0.2) is 0 Å². The first-order chi connectivity index (χ1) is 6.77. The summed E-state index contributed by atoms with van der Waals surface area (Å²) in [5.41, 5.74) is 0.627. The Labute approximate surface area is 88.3 Å². The molecule has 3 heteroatoms. The van der Waals surface area contributed by atoms with Gasteiger partial charge in [-0.05, 0) is 37.9 Å². The molecule has 2 rings (SSSR count). The lowest BCUT2D eigenvalue weighted by Gasteiger charge is -2.06. The molecule has 0 bridgehead atoms. The number of halogens is 2. The van der Waals surface area contributed by atoms with Gasteiger partial charge in [-0.2, -0.15) is 0 Å². The van der Waals surface area contributed by atoms with Gasteiger partial charge >= 0.3 is 0 Å². The fraction of sp³-hybridized carbons (Fsp3) is 0.455. The van der Waals surface area contributed by atoms with E-state index >= 15 is 0 Å². The highest BCUT2D eigenvalue weighted by atomic mass is 35.5. The molecule has 1 saturated carbocycles. The number of benzene rings is 1. The van der Waals surface area contributed by atoms with Crippen molar-refractivity contribution >= 4 is 11.6 Å². The highest BCUT2D eigenvalue weighted by Crippen LogP contribution is 2.21. The fourth-order valence-electron chi connectivity index (χ4n) is 1.46. The summed E-state index contributed by atoms with van der Waals surface area (Å²) in [5.74, 6) is -0.199. The number of rotatable bonds is 4. The second-order valence-corrected chi connectivity index (χ2v) is 4.09. The summed E-state index contributed by atoms with van der Waals surface area (Å²) >= 11 is 5.89. The van der Waals surface area contributed by atoms with E-state index in [0.29, 0.717) is 23.0 Å². The molecule has 1 fully saturated rings. The molecule has 0 spiro atoms. The van der Waals surface area contributed by atoms with Crippen LogP contribution in [0.4, 0.5) is 4.39 Å².